The van der Waals surface area contributed by atoms with Crippen LogP contribution in [-0.2, 0) is 6.54 Å². The summed E-state index contributed by atoms with van der Waals surface area (Å²) >= 11 is 0. The Morgan fingerprint density at radius 2 is 1.65 bits per heavy atom. The molecule has 0 aliphatic carbocycles. The van der Waals surface area contributed by atoms with Gasteiger partial charge >= 0.3 is 0 Å². The molecule has 0 saturated heterocycles. The molecule has 3 aromatic carbocycles. The second-order valence-corrected chi connectivity index (χ2v) is 5.05. The molecule has 0 spiro atoms. The Labute approximate surface area is 118 Å². The lowest BCUT2D eigenvalue weighted by Gasteiger charge is -2.28. The minimum absolute atomic E-state index is 0.0649. The van der Waals surface area contributed by atoms with Crippen LogP contribution in [0.4, 0.5) is 0 Å². The number of hydrogen-bond acceptors (Lipinski definition) is 2. The number of hydrogen-bond donors (Lipinski definition) is 1. The van der Waals surface area contributed by atoms with E-state index < -0.39 is 0 Å². The Morgan fingerprint density at radius 1 is 0.850 bits per heavy atom. The summed E-state index contributed by atoms with van der Waals surface area (Å²) in [5, 5.41) is 5.99. The van der Waals surface area contributed by atoms with Gasteiger partial charge in [-0.1, -0.05) is 60.7 Å². The van der Waals surface area contributed by atoms with Crippen LogP contribution in [0.25, 0.3) is 10.8 Å². The maximum Gasteiger partial charge on any atom is 0.176 e. The minimum atomic E-state index is -0.0649. The van der Waals surface area contributed by atoms with Gasteiger partial charge in [0.05, 0.1) is 0 Å². The molecule has 1 aliphatic rings. The zero-order valence-electron chi connectivity index (χ0n) is 11.0. The molecule has 0 amide bonds. The molecule has 0 radical (unpaired) electrons. The normalized spacial score (nSPS) is 17.5. The first kappa shape index (κ1) is 11.5. The lowest BCUT2D eigenvalue weighted by atomic mass is 10.0. The highest BCUT2D eigenvalue weighted by Gasteiger charge is 2.21. The third-order valence-corrected chi connectivity index (χ3v) is 3.81. The smallest absolute Gasteiger partial charge is 0.176 e. The Kier molecular flexibility index (Phi) is 2.68. The first-order valence-corrected chi connectivity index (χ1v) is 6.87. The molecule has 1 heterocycles. The van der Waals surface area contributed by atoms with Gasteiger partial charge in [0, 0.05) is 17.7 Å². The Bertz CT molecular complexity index is 752. The van der Waals surface area contributed by atoms with E-state index in [1.165, 1.54) is 16.3 Å². The molecule has 1 N–H and O–H groups in total. The molecule has 0 aromatic heterocycles. The highest BCUT2D eigenvalue weighted by molar-refractivity contribution is 5.87. The van der Waals surface area contributed by atoms with Crippen molar-refractivity contribution in [2.24, 2.45) is 0 Å². The summed E-state index contributed by atoms with van der Waals surface area (Å²) in [6.45, 7) is 0.830. The first-order chi connectivity index (χ1) is 9.92. The average molecular weight is 261 g/mol. The molecule has 0 saturated carbocycles. The highest BCUT2D eigenvalue weighted by Crippen LogP contribution is 2.34. The van der Waals surface area contributed by atoms with Crippen molar-refractivity contribution in [1.82, 2.24) is 5.32 Å². The predicted octanol–water partition coefficient (Wildman–Crippen LogP) is 4.02. The fraction of sp³-hybridized carbons (Fsp3) is 0.111. The van der Waals surface area contributed by atoms with Crippen molar-refractivity contribution in [2.75, 3.05) is 0 Å². The zero-order chi connectivity index (χ0) is 13.4. The van der Waals surface area contributed by atoms with Gasteiger partial charge in [-0.2, -0.15) is 0 Å². The molecule has 0 fully saturated rings. The SMILES string of the molecule is c1ccc([C@H]2NCc3c(ccc4ccccc34)O2)cc1. The standard InChI is InChI=1S/C18H15NO/c1-2-7-14(8-3-1)18-19-12-16-15-9-5-4-6-13(15)10-11-17(16)20-18/h1-11,18-19H,12H2/t18-/m0/s1. The van der Waals surface area contributed by atoms with Crippen LogP contribution in [0, 0.1) is 0 Å². The summed E-state index contributed by atoms with van der Waals surface area (Å²) in [6.07, 6.45) is -0.0649. The molecular weight excluding hydrogens is 246 g/mol. The van der Waals surface area contributed by atoms with Crippen LogP contribution in [-0.4, -0.2) is 0 Å². The van der Waals surface area contributed by atoms with Crippen molar-refractivity contribution in [2.45, 2.75) is 12.8 Å². The topological polar surface area (TPSA) is 21.3 Å². The summed E-state index contributed by atoms with van der Waals surface area (Å²) in [5.74, 6) is 0.983. The van der Waals surface area contributed by atoms with Crippen LogP contribution < -0.4 is 10.1 Å². The van der Waals surface area contributed by atoms with Gasteiger partial charge in [-0.15, -0.1) is 0 Å². The zero-order valence-corrected chi connectivity index (χ0v) is 11.0. The van der Waals surface area contributed by atoms with Crippen LogP contribution in [0.1, 0.15) is 17.4 Å². The van der Waals surface area contributed by atoms with Gasteiger partial charge in [0.25, 0.3) is 0 Å². The highest BCUT2D eigenvalue weighted by atomic mass is 16.5. The average Bonchev–Trinajstić information content (AvgIpc) is 2.55. The van der Waals surface area contributed by atoms with E-state index in [0.29, 0.717) is 0 Å². The summed E-state index contributed by atoms with van der Waals surface area (Å²) in [7, 11) is 0. The van der Waals surface area contributed by atoms with E-state index in [2.05, 4.69) is 53.8 Å². The maximum absolute atomic E-state index is 6.11. The molecule has 0 unspecified atom stereocenters. The quantitative estimate of drug-likeness (QED) is 0.714. The lowest BCUT2D eigenvalue weighted by Crippen LogP contribution is -2.30. The van der Waals surface area contributed by atoms with E-state index in [1.807, 2.05) is 18.2 Å². The molecule has 98 valence electrons. The van der Waals surface area contributed by atoms with E-state index >= 15 is 0 Å². The van der Waals surface area contributed by atoms with Crippen LogP contribution in [0.3, 0.4) is 0 Å². The first-order valence-electron chi connectivity index (χ1n) is 6.87. The molecule has 0 bridgehead atoms. The molecule has 1 atom stereocenters. The van der Waals surface area contributed by atoms with E-state index in [1.54, 1.807) is 0 Å². The van der Waals surface area contributed by atoms with Crippen molar-refractivity contribution in [3.05, 3.63) is 77.9 Å². The van der Waals surface area contributed by atoms with Gasteiger partial charge in [0.15, 0.2) is 6.23 Å². The van der Waals surface area contributed by atoms with Gasteiger partial charge in [-0.05, 0) is 16.8 Å². The fourth-order valence-electron chi connectivity index (χ4n) is 2.79. The molecule has 4 rings (SSSR count). The van der Waals surface area contributed by atoms with Gasteiger partial charge in [-0.25, -0.2) is 0 Å². The van der Waals surface area contributed by atoms with Gasteiger partial charge in [0.1, 0.15) is 5.75 Å². The van der Waals surface area contributed by atoms with E-state index in [-0.39, 0.29) is 6.23 Å². The second kappa shape index (κ2) is 4.66. The second-order valence-electron chi connectivity index (χ2n) is 5.05. The molecule has 3 aromatic rings. The monoisotopic (exact) mass is 261 g/mol. The van der Waals surface area contributed by atoms with Crippen molar-refractivity contribution in [3.8, 4) is 5.75 Å². The van der Waals surface area contributed by atoms with E-state index in [9.17, 15) is 0 Å². The number of nitrogens with one attached hydrogen (secondary N) is 1. The number of ether oxygens (including phenoxy) is 1. The third-order valence-electron chi connectivity index (χ3n) is 3.81. The largest absolute Gasteiger partial charge is 0.471 e. The molecular formula is C18H15NO. The van der Waals surface area contributed by atoms with Gasteiger partial charge in [-0.3, -0.25) is 5.32 Å². The lowest BCUT2D eigenvalue weighted by molar-refractivity contribution is 0.145. The van der Waals surface area contributed by atoms with Crippen LogP contribution >= 0.6 is 0 Å². The molecule has 1 aliphatic heterocycles. The number of rotatable bonds is 1. The van der Waals surface area contributed by atoms with Crippen molar-refractivity contribution < 1.29 is 4.74 Å². The van der Waals surface area contributed by atoms with Crippen LogP contribution in [0.15, 0.2) is 66.7 Å². The summed E-state index contributed by atoms with van der Waals surface area (Å²) < 4.78 is 6.11. The summed E-state index contributed by atoms with van der Waals surface area (Å²) in [4.78, 5) is 0. The summed E-state index contributed by atoms with van der Waals surface area (Å²) in [6, 6.07) is 22.9. The van der Waals surface area contributed by atoms with Crippen molar-refractivity contribution in [3.63, 3.8) is 0 Å². The van der Waals surface area contributed by atoms with Crippen LogP contribution in [0.2, 0.25) is 0 Å². The Hall–Kier alpha value is -2.32. The number of benzene rings is 3. The number of fused-ring (bicyclic) bond motifs is 3. The summed E-state index contributed by atoms with van der Waals surface area (Å²) in [5.41, 5.74) is 2.40. The third kappa shape index (κ3) is 1.86. The van der Waals surface area contributed by atoms with Gasteiger partial charge in [0.2, 0.25) is 0 Å². The Morgan fingerprint density at radius 3 is 2.55 bits per heavy atom. The predicted molar refractivity (Wildman–Crippen MR) is 80.6 cm³/mol. The molecule has 2 nitrogen and oxygen atoms in total. The van der Waals surface area contributed by atoms with E-state index in [4.69, 9.17) is 4.74 Å². The van der Waals surface area contributed by atoms with Crippen molar-refractivity contribution >= 4 is 10.8 Å². The Balaban J connectivity index is 1.75. The maximum atomic E-state index is 6.11. The van der Waals surface area contributed by atoms with Crippen LogP contribution in [0.5, 0.6) is 5.75 Å². The van der Waals surface area contributed by atoms with Crippen molar-refractivity contribution in [1.29, 1.82) is 0 Å². The van der Waals surface area contributed by atoms with Gasteiger partial charge < -0.3 is 4.74 Å². The minimum Gasteiger partial charge on any atom is -0.471 e. The fourth-order valence-corrected chi connectivity index (χ4v) is 2.79. The molecule has 2 heteroatoms. The molecule has 20 heavy (non-hydrogen) atoms. The van der Waals surface area contributed by atoms with E-state index in [0.717, 1.165) is 17.9 Å².